The minimum Gasteiger partial charge on any atom is -0.478 e. The van der Waals surface area contributed by atoms with Crippen molar-refractivity contribution in [1.29, 1.82) is 0 Å². The van der Waals surface area contributed by atoms with Crippen LogP contribution in [-0.4, -0.2) is 28.8 Å². The summed E-state index contributed by atoms with van der Waals surface area (Å²) in [6.07, 6.45) is 5.16. The first-order valence-electron chi connectivity index (χ1n) is 10.8. The normalized spacial score (nSPS) is 16.6. The molecule has 0 aromatic heterocycles. The Morgan fingerprint density at radius 1 is 1.03 bits per heavy atom. The van der Waals surface area contributed by atoms with Crippen molar-refractivity contribution in [3.63, 3.8) is 0 Å². The van der Waals surface area contributed by atoms with E-state index in [2.05, 4.69) is 23.5 Å². The van der Waals surface area contributed by atoms with Crippen LogP contribution in [0.15, 0.2) is 72.8 Å². The number of aliphatic hydroxyl groups is 1. The summed E-state index contributed by atoms with van der Waals surface area (Å²) in [5.74, 6) is -0.951. The zero-order valence-electron chi connectivity index (χ0n) is 17.7. The lowest BCUT2D eigenvalue weighted by atomic mass is 9.86. The van der Waals surface area contributed by atoms with Gasteiger partial charge in [0.2, 0.25) is 0 Å². The number of carbonyl (C=O) groups is 1. The fraction of sp³-hybridized carbons (Fsp3) is 0.222. The maximum atomic E-state index is 10.7. The van der Waals surface area contributed by atoms with E-state index in [1.807, 2.05) is 36.4 Å². The highest BCUT2D eigenvalue weighted by Gasteiger charge is 2.20. The standard InChI is InChI=1S/C27H26ClNO3/c28-24-11-8-21(9-12-24)26(30)17-29-25-13-10-20-6-7-22(15-23(20)16-25)19-4-1-18(2-5-19)3-14-27(31)32/h1-9,11-12,14-15,25-26,29-30H,10,13,16-17H2,(H,31,32)/b14-3+/t25-,26-/m0/s1. The summed E-state index contributed by atoms with van der Waals surface area (Å²) >= 11 is 5.93. The third-order valence-electron chi connectivity index (χ3n) is 5.95. The van der Waals surface area contributed by atoms with Crippen molar-refractivity contribution in [3.8, 4) is 11.1 Å². The number of benzene rings is 3. The van der Waals surface area contributed by atoms with E-state index >= 15 is 0 Å². The second-order valence-corrected chi connectivity index (χ2v) is 8.63. The predicted octanol–water partition coefficient (Wildman–Crippen LogP) is 5.29. The lowest BCUT2D eigenvalue weighted by Gasteiger charge is -2.27. The molecule has 0 unspecified atom stereocenters. The molecule has 0 saturated carbocycles. The van der Waals surface area contributed by atoms with E-state index < -0.39 is 12.1 Å². The van der Waals surface area contributed by atoms with Crippen LogP contribution < -0.4 is 5.32 Å². The summed E-state index contributed by atoms with van der Waals surface area (Å²) in [6.45, 7) is 0.507. The van der Waals surface area contributed by atoms with E-state index in [1.54, 1.807) is 18.2 Å². The molecule has 32 heavy (non-hydrogen) atoms. The van der Waals surface area contributed by atoms with Gasteiger partial charge in [0.1, 0.15) is 0 Å². The lowest BCUT2D eigenvalue weighted by molar-refractivity contribution is -0.131. The first kappa shape index (κ1) is 22.3. The summed E-state index contributed by atoms with van der Waals surface area (Å²) < 4.78 is 0. The Morgan fingerprint density at radius 2 is 1.75 bits per heavy atom. The number of carboxylic acid groups (broad SMARTS) is 1. The number of rotatable bonds is 7. The molecule has 3 N–H and O–H groups in total. The molecule has 3 aromatic rings. The summed E-state index contributed by atoms with van der Waals surface area (Å²) in [7, 11) is 0. The molecule has 3 aromatic carbocycles. The van der Waals surface area contributed by atoms with Crippen LogP contribution in [0.25, 0.3) is 17.2 Å². The van der Waals surface area contributed by atoms with Gasteiger partial charge < -0.3 is 15.5 Å². The zero-order valence-corrected chi connectivity index (χ0v) is 18.4. The highest BCUT2D eigenvalue weighted by molar-refractivity contribution is 6.30. The van der Waals surface area contributed by atoms with E-state index in [0.717, 1.165) is 47.6 Å². The molecule has 0 heterocycles. The molecule has 0 aliphatic heterocycles. The SMILES string of the molecule is O=C(O)/C=C/c1ccc(-c2ccc3c(c2)C[C@@H](NC[C@H](O)c2ccc(Cl)cc2)CC3)cc1. The van der Waals surface area contributed by atoms with E-state index in [1.165, 1.54) is 11.1 Å². The molecule has 0 bridgehead atoms. The highest BCUT2D eigenvalue weighted by Crippen LogP contribution is 2.28. The van der Waals surface area contributed by atoms with Gasteiger partial charge in [-0.3, -0.25) is 0 Å². The molecule has 0 radical (unpaired) electrons. The van der Waals surface area contributed by atoms with Gasteiger partial charge in [0.25, 0.3) is 0 Å². The Morgan fingerprint density at radius 3 is 2.47 bits per heavy atom. The topological polar surface area (TPSA) is 69.6 Å². The van der Waals surface area contributed by atoms with Crippen LogP contribution in [0.4, 0.5) is 0 Å². The number of fused-ring (bicyclic) bond motifs is 1. The van der Waals surface area contributed by atoms with Gasteiger partial charge in [0, 0.05) is 23.7 Å². The van der Waals surface area contributed by atoms with Gasteiger partial charge in [-0.2, -0.15) is 0 Å². The van der Waals surface area contributed by atoms with Gasteiger partial charge in [0.05, 0.1) is 6.10 Å². The van der Waals surface area contributed by atoms with Crippen molar-refractivity contribution in [2.24, 2.45) is 0 Å². The molecule has 5 heteroatoms. The predicted molar refractivity (Wildman–Crippen MR) is 129 cm³/mol. The van der Waals surface area contributed by atoms with Crippen LogP contribution in [0.5, 0.6) is 0 Å². The number of nitrogens with one attached hydrogen (secondary N) is 1. The number of hydrogen-bond donors (Lipinski definition) is 3. The minimum atomic E-state index is -0.951. The number of halogens is 1. The van der Waals surface area contributed by atoms with Gasteiger partial charge in [-0.05, 0) is 70.9 Å². The average Bonchev–Trinajstić information content (AvgIpc) is 2.81. The van der Waals surface area contributed by atoms with Crippen LogP contribution in [-0.2, 0) is 17.6 Å². The second-order valence-electron chi connectivity index (χ2n) is 8.19. The number of hydrogen-bond acceptors (Lipinski definition) is 3. The second kappa shape index (κ2) is 10.1. The van der Waals surface area contributed by atoms with Crippen molar-refractivity contribution in [3.05, 3.63) is 100 Å². The van der Waals surface area contributed by atoms with Gasteiger partial charge in [0.15, 0.2) is 0 Å². The van der Waals surface area contributed by atoms with Crippen molar-refractivity contribution in [1.82, 2.24) is 5.32 Å². The molecule has 2 atom stereocenters. The monoisotopic (exact) mass is 447 g/mol. The third kappa shape index (κ3) is 5.65. The molecule has 1 aliphatic rings. The number of carboxylic acids is 1. The molecule has 0 spiro atoms. The number of aryl methyl sites for hydroxylation is 1. The summed E-state index contributed by atoms with van der Waals surface area (Å²) in [4.78, 5) is 10.7. The maximum absolute atomic E-state index is 10.7. The van der Waals surface area contributed by atoms with Crippen LogP contribution in [0.1, 0.15) is 34.8 Å². The summed E-state index contributed by atoms with van der Waals surface area (Å²) in [5.41, 5.74) is 6.70. The van der Waals surface area contributed by atoms with E-state index in [-0.39, 0.29) is 0 Å². The molecule has 4 rings (SSSR count). The van der Waals surface area contributed by atoms with Crippen molar-refractivity contribution in [2.45, 2.75) is 31.4 Å². The Labute approximate surface area is 193 Å². The van der Waals surface area contributed by atoms with E-state index in [0.29, 0.717) is 17.6 Å². The Balaban J connectivity index is 1.40. The third-order valence-corrected chi connectivity index (χ3v) is 6.20. The number of aliphatic carboxylic acids is 1. The fourth-order valence-corrected chi connectivity index (χ4v) is 4.27. The van der Waals surface area contributed by atoms with E-state index in [4.69, 9.17) is 16.7 Å². The quantitative estimate of drug-likeness (QED) is 0.431. The molecule has 0 amide bonds. The summed E-state index contributed by atoms with van der Waals surface area (Å²) in [6, 6.07) is 22.1. The van der Waals surface area contributed by atoms with Crippen LogP contribution in [0, 0.1) is 0 Å². The molecule has 164 valence electrons. The molecule has 0 saturated heterocycles. The van der Waals surface area contributed by atoms with Crippen LogP contribution in [0.3, 0.4) is 0 Å². The zero-order chi connectivity index (χ0) is 22.5. The van der Waals surface area contributed by atoms with Gasteiger partial charge in [-0.1, -0.05) is 66.2 Å². The first-order chi connectivity index (χ1) is 15.5. The Kier molecular flexibility index (Phi) is 7.05. The van der Waals surface area contributed by atoms with Gasteiger partial charge >= 0.3 is 5.97 Å². The van der Waals surface area contributed by atoms with Crippen molar-refractivity contribution in [2.75, 3.05) is 6.54 Å². The molecular formula is C27H26ClNO3. The van der Waals surface area contributed by atoms with Crippen LogP contribution in [0.2, 0.25) is 5.02 Å². The Hall–Kier alpha value is -2.92. The molecule has 4 nitrogen and oxygen atoms in total. The molecular weight excluding hydrogens is 422 g/mol. The molecule has 1 aliphatic carbocycles. The first-order valence-corrected chi connectivity index (χ1v) is 11.2. The van der Waals surface area contributed by atoms with Gasteiger partial charge in [-0.25, -0.2) is 4.79 Å². The summed E-state index contributed by atoms with van der Waals surface area (Å²) in [5, 5.41) is 23.4. The van der Waals surface area contributed by atoms with Crippen molar-refractivity contribution >= 4 is 23.6 Å². The average molecular weight is 448 g/mol. The smallest absolute Gasteiger partial charge is 0.328 e. The lowest BCUT2D eigenvalue weighted by Crippen LogP contribution is -2.37. The van der Waals surface area contributed by atoms with Gasteiger partial charge in [-0.15, -0.1) is 0 Å². The highest BCUT2D eigenvalue weighted by atomic mass is 35.5. The number of aliphatic hydroxyl groups excluding tert-OH is 1. The minimum absolute atomic E-state index is 0.322. The Bertz CT molecular complexity index is 1110. The molecule has 0 fully saturated rings. The van der Waals surface area contributed by atoms with Crippen LogP contribution >= 0.6 is 11.6 Å². The maximum Gasteiger partial charge on any atom is 0.328 e. The van der Waals surface area contributed by atoms with Crippen molar-refractivity contribution < 1.29 is 15.0 Å². The van der Waals surface area contributed by atoms with E-state index in [9.17, 15) is 9.90 Å². The largest absolute Gasteiger partial charge is 0.478 e. The fourth-order valence-electron chi connectivity index (χ4n) is 4.15.